The van der Waals surface area contributed by atoms with E-state index >= 15 is 0 Å². The zero-order chi connectivity index (χ0) is 15.2. The van der Waals surface area contributed by atoms with Crippen LogP contribution in [0.15, 0.2) is 42.6 Å². The smallest absolute Gasteiger partial charge is 0.298 e. The number of imidazole rings is 1. The van der Waals surface area contributed by atoms with E-state index in [0.717, 1.165) is 23.2 Å². The van der Waals surface area contributed by atoms with Crippen LogP contribution in [0, 0.1) is 6.92 Å². The Labute approximate surface area is 123 Å². The second kappa shape index (κ2) is 4.77. The minimum Gasteiger partial charge on any atom is -0.298 e. The quantitative estimate of drug-likeness (QED) is 0.619. The van der Waals surface area contributed by atoms with Crippen LogP contribution >= 0.6 is 11.6 Å². The number of nitrogens with zero attached hydrogens (tertiary/aromatic N) is 2. The number of hydrogen-bond donors (Lipinski definition) is 0. The Balaban J connectivity index is 2.13. The molecule has 0 aliphatic carbocycles. The van der Waals surface area contributed by atoms with Crippen molar-refractivity contribution >= 4 is 17.1 Å². The van der Waals surface area contributed by atoms with Crippen molar-refractivity contribution in [1.29, 1.82) is 0 Å². The summed E-state index contributed by atoms with van der Waals surface area (Å²) in [6.07, 6.45) is -2.54. The van der Waals surface area contributed by atoms with E-state index in [0.29, 0.717) is 16.5 Å². The Morgan fingerprint density at radius 2 is 1.76 bits per heavy atom. The third-order valence-corrected chi connectivity index (χ3v) is 3.50. The van der Waals surface area contributed by atoms with E-state index in [-0.39, 0.29) is 0 Å². The molecule has 0 saturated heterocycles. The predicted molar refractivity (Wildman–Crippen MR) is 75.4 cm³/mol. The van der Waals surface area contributed by atoms with Crippen molar-refractivity contribution in [2.75, 3.05) is 0 Å². The molecule has 2 heterocycles. The van der Waals surface area contributed by atoms with Gasteiger partial charge in [-0.2, -0.15) is 13.2 Å². The largest absolute Gasteiger partial charge is 0.416 e. The van der Waals surface area contributed by atoms with Crippen molar-refractivity contribution in [2.24, 2.45) is 0 Å². The molecule has 0 saturated carbocycles. The second-order valence-corrected chi connectivity index (χ2v) is 5.12. The van der Waals surface area contributed by atoms with E-state index in [1.54, 1.807) is 10.6 Å². The van der Waals surface area contributed by atoms with E-state index in [1.165, 1.54) is 12.1 Å². The number of hydrogen-bond acceptors (Lipinski definition) is 1. The molecule has 21 heavy (non-hydrogen) atoms. The fourth-order valence-corrected chi connectivity index (χ4v) is 2.39. The maximum atomic E-state index is 12.6. The Kier molecular flexibility index (Phi) is 3.17. The lowest BCUT2D eigenvalue weighted by atomic mass is 10.1. The van der Waals surface area contributed by atoms with Gasteiger partial charge in [-0.05, 0) is 36.8 Å². The molecule has 0 unspecified atom stereocenters. The monoisotopic (exact) mass is 310 g/mol. The summed E-state index contributed by atoms with van der Waals surface area (Å²) in [7, 11) is 0. The van der Waals surface area contributed by atoms with Crippen LogP contribution in [-0.2, 0) is 6.18 Å². The first-order valence-electron chi connectivity index (χ1n) is 6.18. The van der Waals surface area contributed by atoms with E-state index in [9.17, 15) is 13.2 Å². The Morgan fingerprint density at radius 1 is 1.10 bits per heavy atom. The molecule has 2 nitrogen and oxygen atoms in total. The summed E-state index contributed by atoms with van der Waals surface area (Å²) in [6, 6.07) is 8.64. The number of benzene rings is 1. The van der Waals surface area contributed by atoms with Gasteiger partial charge in [-0.3, -0.25) is 4.40 Å². The topological polar surface area (TPSA) is 17.3 Å². The highest BCUT2D eigenvalue weighted by atomic mass is 35.5. The van der Waals surface area contributed by atoms with Gasteiger partial charge in [0.2, 0.25) is 0 Å². The number of aromatic nitrogens is 2. The first-order chi connectivity index (χ1) is 9.86. The lowest BCUT2D eigenvalue weighted by molar-refractivity contribution is -0.137. The molecular formula is C15H10ClF3N2. The first-order valence-corrected chi connectivity index (χ1v) is 6.56. The zero-order valence-corrected chi connectivity index (χ0v) is 11.7. The summed E-state index contributed by atoms with van der Waals surface area (Å²) < 4.78 is 39.5. The summed E-state index contributed by atoms with van der Waals surface area (Å²) in [5.74, 6) is 0.517. The minimum absolute atomic E-state index is 0.327. The third-order valence-electron chi connectivity index (χ3n) is 3.22. The van der Waals surface area contributed by atoms with Crippen LogP contribution in [-0.4, -0.2) is 9.38 Å². The van der Waals surface area contributed by atoms with Gasteiger partial charge in [0.1, 0.15) is 5.82 Å². The van der Waals surface area contributed by atoms with Gasteiger partial charge in [-0.15, -0.1) is 0 Å². The zero-order valence-electron chi connectivity index (χ0n) is 10.9. The maximum Gasteiger partial charge on any atom is 0.416 e. The van der Waals surface area contributed by atoms with E-state index in [1.807, 2.05) is 19.1 Å². The van der Waals surface area contributed by atoms with Crippen LogP contribution < -0.4 is 0 Å². The number of pyridine rings is 1. The van der Waals surface area contributed by atoms with Crippen molar-refractivity contribution < 1.29 is 13.2 Å². The Morgan fingerprint density at radius 3 is 2.38 bits per heavy atom. The average molecular weight is 311 g/mol. The average Bonchev–Trinajstić information content (AvgIpc) is 2.75. The number of alkyl halides is 3. The van der Waals surface area contributed by atoms with Crippen molar-refractivity contribution in [2.45, 2.75) is 13.1 Å². The van der Waals surface area contributed by atoms with Crippen LogP contribution in [0.25, 0.3) is 16.9 Å². The molecule has 0 spiro atoms. The molecule has 2 aromatic heterocycles. The van der Waals surface area contributed by atoms with Gasteiger partial charge in [0.25, 0.3) is 0 Å². The minimum atomic E-state index is -4.35. The van der Waals surface area contributed by atoms with Gasteiger partial charge in [-0.25, -0.2) is 4.98 Å². The highest BCUT2D eigenvalue weighted by molar-refractivity contribution is 6.32. The summed E-state index contributed by atoms with van der Waals surface area (Å²) in [4.78, 5) is 4.24. The Bertz CT molecular complexity index is 804. The summed E-state index contributed by atoms with van der Waals surface area (Å²) in [5.41, 5.74) is 1.65. The maximum absolute atomic E-state index is 12.6. The summed E-state index contributed by atoms with van der Waals surface area (Å²) in [5, 5.41) is 0.327. The molecule has 0 aliphatic rings. The van der Waals surface area contributed by atoms with Crippen LogP contribution in [0.1, 0.15) is 11.1 Å². The van der Waals surface area contributed by atoms with Crippen molar-refractivity contribution in [1.82, 2.24) is 9.38 Å². The van der Waals surface area contributed by atoms with Gasteiger partial charge >= 0.3 is 6.18 Å². The summed E-state index contributed by atoms with van der Waals surface area (Å²) >= 11 is 6.09. The number of aryl methyl sites for hydroxylation is 1. The van der Waals surface area contributed by atoms with Crippen molar-refractivity contribution in [3.63, 3.8) is 0 Å². The van der Waals surface area contributed by atoms with Crippen LogP contribution in [0.3, 0.4) is 0 Å². The van der Waals surface area contributed by atoms with Crippen LogP contribution in [0.2, 0.25) is 5.15 Å². The van der Waals surface area contributed by atoms with E-state index in [4.69, 9.17) is 11.6 Å². The molecule has 0 aliphatic heterocycles. The molecule has 0 atom stereocenters. The molecule has 3 aromatic rings. The van der Waals surface area contributed by atoms with E-state index in [2.05, 4.69) is 4.98 Å². The first kappa shape index (κ1) is 13.9. The Hall–Kier alpha value is -2.01. The summed E-state index contributed by atoms with van der Waals surface area (Å²) in [6.45, 7) is 1.93. The molecule has 0 N–H and O–H groups in total. The lowest BCUT2D eigenvalue weighted by Gasteiger charge is -2.07. The molecule has 0 radical (unpaired) electrons. The van der Waals surface area contributed by atoms with Gasteiger partial charge in [0.05, 0.1) is 11.1 Å². The molecule has 0 bridgehead atoms. The number of fused-ring (bicyclic) bond motifs is 1. The van der Waals surface area contributed by atoms with Crippen molar-refractivity contribution in [3.8, 4) is 11.4 Å². The molecule has 0 amide bonds. The fourth-order valence-electron chi connectivity index (χ4n) is 2.17. The SMILES string of the molecule is Cc1ccn2c(-c3ccc(C(F)(F)F)cc3)nc(Cl)c2c1. The molecule has 108 valence electrons. The predicted octanol–water partition coefficient (Wildman–Crippen LogP) is 4.98. The highest BCUT2D eigenvalue weighted by Gasteiger charge is 2.30. The highest BCUT2D eigenvalue weighted by Crippen LogP contribution is 2.32. The molecule has 1 aromatic carbocycles. The second-order valence-electron chi connectivity index (χ2n) is 4.76. The van der Waals surface area contributed by atoms with Gasteiger partial charge in [-0.1, -0.05) is 23.7 Å². The third kappa shape index (κ3) is 2.49. The molecule has 0 fully saturated rings. The van der Waals surface area contributed by atoms with E-state index < -0.39 is 11.7 Å². The van der Waals surface area contributed by atoms with Gasteiger partial charge < -0.3 is 0 Å². The molecule has 3 rings (SSSR count). The van der Waals surface area contributed by atoms with Crippen LogP contribution in [0.5, 0.6) is 0 Å². The fraction of sp³-hybridized carbons (Fsp3) is 0.133. The molecular weight excluding hydrogens is 301 g/mol. The number of halogens is 4. The normalized spacial score (nSPS) is 12.0. The van der Waals surface area contributed by atoms with Gasteiger partial charge in [0, 0.05) is 11.8 Å². The van der Waals surface area contributed by atoms with Crippen molar-refractivity contribution in [3.05, 3.63) is 58.9 Å². The lowest BCUT2D eigenvalue weighted by Crippen LogP contribution is -2.04. The standard InChI is InChI=1S/C15H10ClF3N2/c1-9-6-7-21-12(8-9)13(16)20-14(21)10-2-4-11(5-3-10)15(17,18)19/h2-8H,1H3. The van der Waals surface area contributed by atoms with Crippen LogP contribution in [0.4, 0.5) is 13.2 Å². The number of rotatable bonds is 1. The molecule has 6 heteroatoms. The van der Waals surface area contributed by atoms with Gasteiger partial charge in [0.15, 0.2) is 5.15 Å².